The highest BCUT2D eigenvalue weighted by atomic mass is 16.2. The number of nitrogens with one attached hydrogen (secondary N) is 1. The van der Waals surface area contributed by atoms with Crippen molar-refractivity contribution in [1.29, 1.82) is 0 Å². The topological polar surface area (TPSA) is 110 Å². The van der Waals surface area contributed by atoms with E-state index in [0.717, 1.165) is 27.9 Å². The summed E-state index contributed by atoms with van der Waals surface area (Å²) in [6, 6.07) is 6.90. The summed E-state index contributed by atoms with van der Waals surface area (Å²) in [5.74, 6) is -0.888. The third-order valence-corrected chi connectivity index (χ3v) is 5.63. The number of hydrogen-bond donors (Lipinski definition) is 1. The smallest absolute Gasteiger partial charge is 0.255 e. The maximum absolute atomic E-state index is 12.9. The van der Waals surface area contributed by atoms with Crippen LogP contribution in [-0.4, -0.2) is 48.6 Å². The van der Waals surface area contributed by atoms with Crippen molar-refractivity contribution in [2.75, 3.05) is 0 Å². The Labute approximate surface area is 171 Å². The van der Waals surface area contributed by atoms with E-state index >= 15 is 0 Å². The maximum Gasteiger partial charge on any atom is 0.255 e. The summed E-state index contributed by atoms with van der Waals surface area (Å²) in [7, 11) is 1.86. The van der Waals surface area contributed by atoms with Crippen LogP contribution >= 0.6 is 0 Å². The Morgan fingerprint density at radius 3 is 2.67 bits per heavy atom. The molecule has 1 atom stereocenters. The number of carbonyl (C=O) groups is 3. The van der Waals surface area contributed by atoms with Crippen LogP contribution in [0.15, 0.2) is 42.9 Å². The molecule has 2 aromatic heterocycles. The van der Waals surface area contributed by atoms with E-state index in [1.807, 2.05) is 25.2 Å². The van der Waals surface area contributed by atoms with E-state index < -0.39 is 11.9 Å². The molecule has 9 nitrogen and oxygen atoms in total. The Kier molecular flexibility index (Phi) is 4.16. The van der Waals surface area contributed by atoms with E-state index in [-0.39, 0.29) is 18.2 Å². The largest absolute Gasteiger partial charge is 0.322 e. The molecule has 30 heavy (non-hydrogen) atoms. The molecule has 0 aliphatic carbocycles. The van der Waals surface area contributed by atoms with E-state index in [4.69, 9.17) is 0 Å². The predicted molar refractivity (Wildman–Crippen MR) is 106 cm³/mol. The molecule has 0 bridgehead atoms. The van der Waals surface area contributed by atoms with E-state index in [1.54, 1.807) is 34.2 Å². The molecule has 1 N–H and O–H groups in total. The molecule has 9 heteroatoms. The third-order valence-electron chi connectivity index (χ3n) is 5.63. The summed E-state index contributed by atoms with van der Waals surface area (Å²) in [5, 5.41) is 14.5. The number of imide groups is 1. The molecule has 150 valence electrons. The average Bonchev–Trinajstić information content (AvgIpc) is 3.28. The SMILES string of the molecule is Cn1ncc(-c2ccc3c(c2)CN([C@H]2CCC(=O)NC2=O)C3=O)c1-c1ccnnc1. The number of piperidine rings is 1. The summed E-state index contributed by atoms with van der Waals surface area (Å²) >= 11 is 0. The molecular weight excluding hydrogens is 384 g/mol. The molecule has 2 aliphatic rings. The average molecular weight is 402 g/mol. The summed E-state index contributed by atoms with van der Waals surface area (Å²) in [6.45, 7) is 0.334. The van der Waals surface area contributed by atoms with Crippen LogP contribution in [0.1, 0.15) is 28.8 Å². The van der Waals surface area contributed by atoms with Gasteiger partial charge in [-0.05, 0) is 35.7 Å². The number of nitrogens with zero attached hydrogens (tertiary/aromatic N) is 5. The molecule has 1 fully saturated rings. The molecule has 0 saturated carbocycles. The van der Waals surface area contributed by atoms with Crippen molar-refractivity contribution >= 4 is 17.7 Å². The number of hydrogen-bond acceptors (Lipinski definition) is 6. The maximum atomic E-state index is 12.9. The van der Waals surface area contributed by atoms with Gasteiger partial charge in [-0.1, -0.05) is 6.07 Å². The molecule has 3 aromatic rings. The second-order valence-corrected chi connectivity index (χ2v) is 7.43. The van der Waals surface area contributed by atoms with Crippen molar-refractivity contribution in [3.8, 4) is 22.4 Å². The molecule has 0 radical (unpaired) electrons. The lowest BCUT2D eigenvalue weighted by Gasteiger charge is -2.29. The van der Waals surface area contributed by atoms with Gasteiger partial charge in [-0.2, -0.15) is 15.3 Å². The van der Waals surface area contributed by atoms with Gasteiger partial charge in [0.15, 0.2) is 0 Å². The second kappa shape index (κ2) is 6.87. The van der Waals surface area contributed by atoms with Gasteiger partial charge in [-0.25, -0.2) is 0 Å². The molecule has 5 rings (SSSR count). The Bertz CT molecular complexity index is 1190. The molecule has 0 unspecified atom stereocenters. The van der Waals surface area contributed by atoms with Crippen molar-refractivity contribution in [1.82, 2.24) is 30.2 Å². The number of carbonyl (C=O) groups excluding carboxylic acids is 3. The lowest BCUT2D eigenvalue weighted by Crippen LogP contribution is -2.52. The highest BCUT2D eigenvalue weighted by Crippen LogP contribution is 2.35. The van der Waals surface area contributed by atoms with Gasteiger partial charge in [0.05, 0.1) is 24.3 Å². The van der Waals surface area contributed by atoms with Gasteiger partial charge >= 0.3 is 0 Å². The number of aromatic nitrogens is 4. The van der Waals surface area contributed by atoms with Crippen LogP contribution < -0.4 is 5.32 Å². The summed E-state index contributed by atoms with van der Waals surface area (Å²) in [4.78, 5) is 38.1. The Morgan fingerprint density at radius 1 is 1.03 bits per heavy atom. The summed E-state index contributed by atoms with van der Waals surface area (Å²) in [5.41, 5.74) is 5.06. The second-order valence-electron chi connectivity index (χ2n) is 7.43. The number of amides is 3. The van der Waals surface area contributed by atoms with Crippen molar-refractivity contribution in [2.45, 2.75) is 25.4 Å². The first kappa shape index (κ1) is 18.2. The van der Waals surface area contributed by atoms with Gasteiger partial charge in [-0.15, -0.1) is 0 Å². The molecule has 4 heterocycles. The minimum Gasteiger partial charge on any atom is -0.322 e. The molecule has 1 saturated heterocycles. The Morgan fingerprint density at radius 2 is 1.90 bits per heavy atom. The van der Waals surface area contributed by atoms with Crippen molar-refractivity contribution < 1.29 is 14.4 Å². The fourth-order valence-electron chi connectivity index (χ4n) is 4.16. The Hall–Kier alpha value is -3.88. The monoisotopic (exact) mass is 402 g/mol. The highest BCUT2D eigenvalue weighted by Gasteiger charge is 2.39. The van der Waals surface area contributed by atoms with E-state index in [0.29, 0.717) is 18.5 Å². The van der Waals surface area contributed by atoms with Gasteiger partial charge < -0.3 is 4.90 Å². The Balaban J connectivity index is 1.49. The number of fused-ring (bicyclic) bond motifs is 1. The minimum absolute atomic E-state index is 0.184. The van der Waals surface area contributed by atoms with Crippen LogP contribution in [0.25, 0.3) is 22.4 Å². The molecule has 0 spiro atoms. The lowest BCUT2D eigenvalue weighted by atomic mass is 9.99. The standard InChI is InChI=1S/C21H18N6O3/c1-26-19(13-6-7-22-23-9-13)16(10-24-26)12-2-3-15-14(8-12)11-27(21(15)30)17-4-5-18(28)25-20(17)29/h2-3,6-10,17H,4-5,11H2,1H3,(H,25,28,29)/t17-/m0/s1. The van der Waals surface area contributed by atoms with Crippen LogP contribution in [0.4, 0.5) is 0 Å². The first-order chi connectivity index (χ1) is 14.5. The fraction of sp³-hybridized carbons (Fsp3) is 0.238. The molecule has 3 amide bonds. The van der Waals surface area contributed by atoms with Crippen LogP contribution in [0, 0.1) is 0 Å². The molecule has 1 aromatic carbocycles. The van der Waals surface area contributed by atoms with Gasteiger partial charge in [0.2, 0.25) is 11.8 Å². The van der Waals surface area contributed by atoms with Crippen LogP contribution in [-0.2, 0) is 23.2 Å². The predicted octanol–water partition coefficient (Wildman–Crippen LogP) is 1.31. The molecular formula is C21H18N6O3. The first-order valence-electron chi connectivity index (χ1n) is 9.60. The van der Waals surface area contributed by atoms with Crippen LogP contribution in [0.3, 0.4) is 0 Å². The van der Waals surface area contributed by atoms with E-state index in [2.05, 4.69) is 20.6 Å². The third kappa shape index (κ3) is 2.86. The quantitative estimate of drug-likeness (QED) is 0.662. The van der Waals surface area contributed by atoms with E-state index in [9.17, 15) is 14.4 Å². The normalized spacial score (nSPS) is 18.5. The minimum atomic E-state index is -0.622. The van der Waals surface area contributed by atoms with Gasteiger partial charge in [-0.3, -0.25) is 24.4 Å². The van der Waals surface area contributed by atoms with E-state index in [1.165, 1.54) is 0 Å². The number of benzene rings is 1. The zero-order valence-corrected chi connectivity index (χ0v) is 16.2. The zero-order valence-electron chi connectivity index (χ0n) is 16.2. The zero-order chi connectivity index (χ0) is 20.8. The van der Waals surface area contributed by atoms with Gasteiger partial charge in [0.1, 0.15) is 6.04 Å². The van der Waals surface area contributed by atoms with Gasteiger partial charge in [0.25, 0.3) is 5.91 Å². The first-order valence-corrected chi connectivity index (χ1v) is 9.60. The summed E-state index contributed by atoms with van der Waals surface area (Å²) < 4.78 is 1.78. The van der Waals surface area contributed by atoms with Crippen LogP contribution in [0.2, 0.25) is 0 Å². The fourth-order valence-corrected chi connectivity index (χ4v) is 4.16. The van der Waals surface area contributed by atoms with Crippen molar-refractivity contribution in [3.63, 3.8) is 0 Å². The highest BCUT2D eigenvalue weighted by molar-refractivity contribution is 6.05. The number of rotatable bonds is 3. The van der Waals surface area contributed by atoms with Crippen molar-refractivity contribution in [2.24, 2.45) is 7.05 Å². The lowest BCUT2D eigenvalue weighted by molar-refractivity contribution is -0.136. The number of aryl methyl sites for hydroxylation is 1. The molecule has 2 aliphatic heterocycles. The summed E-state index contributed by atoms with van der Waals surface area (Å²) in [6.07, 6.45) is 5.68. The van der Waals surface area contributed by atoms with Crippen molar-refractivity contribution in [3.05, 3.63) is 54.0 Å². The van der Waals surface area contributed by atoms with Crippen LogP contribution in [0.5, 0.6) is 0 Å². The van der Waals surface area contributed by atoms with Gasteiger partial charge in [0, 0.05) is 36.7 Å².